The average Bonchev–Trinajstić information content (AvgIpc) is 2.26. The predicted molar refractivity (Wildman–Crippen MR) is 61.7 cm³/mol. The Morgan fingerprint density at radius 3 is 2.60 bits per heavy atom. The van der Waals surface area contributed by atoms with Gasteiger partial charge in [0.15, 0.2) is 0 Å². The average molecular weight is 220 g/mol. The monoisotopic (exact) mass is 220 g/mol. The van der Waals surface area contributed by atoms with Crippen LogP contribution in [0.1, 0.15) is 12.8 Å². The van der Waals surface area contributed by atoms with E-state index in [0.717, 1.165) is 11.2 Å². The zero-order chi connectivity index (χ0) is 10.9. The molecule has 0 bridgehead atoms. The number of hydrogen-bond donors (Lipinski definition) is 0. The Morgan fingerprint density at radius 2 is 1.93 bits per heavy atom. The Kier molecular flexibility index (Phi) is 5.48. The van der Waals surface area contributed by atoms with E-state index in [1.165, 1.54) is 17.8 Å². The largest absolute Gasteiger partial charge is 0.303 e. The second-order valence-corrected chi connectivity index (χ2v) is 3.96. The Bertz CT molecular complexity index is 344. The highest BCUT2D eigenvalue weighted by atomic mass is 32.2. The van der Waals surface area contributed by atoms with E-state index in [1.807, 2.05) is 30.3 Å². The molecular weight excluding hydrogens is 208 g/mol. The summed E-state index contributed by atoms with van der Waals surface area (Å²) in [5.41, 5.74) is 0. The molecule has 0 fully saturated rings. The molecule has 2 nitrogen and oxygen atoms in total. The van der Waals surface area contributed by atoms with Crippen LogP contribution in [0.4, 0.5) is 0 Å². The Balaban J connectivity index is 2.36. The number of allylic oxidation sites excluding steroid dienone is 1. The second-order valence-electron chi connectivity index (χ2n) is 2.88. The molecule has 0 spiro atoms. The number of benzene rings is 1. The number of carbonyl (C=O) groups excluding carboxylic acids is 2. The molecule has 78 valence electrons. The van der Waals surface area contributed by atoms with E-state index in [0.29, 0.717) is 12.8 Å². The van der Waals surface area contributed by atoms with Crippen LogP contribution >= 0.6 is 11.8 Å². The van der Waals surface area contributed by atoms with Crippen molar-refractivity contribution in [2.45, 2.75) is 17.7 Å². The van der Waals surface area contributed by atoms with E-state index in [2.05, 4.69) is 0 Å². The Labute approximate surface area is 93.4 Å². The van der Waals surface area contributed by atoms with Gasteiger partial charge in [-0.15, -0.1) is 0 Å². The number of unbranched alkanes of at least 4 members (excludes halogenated alkanes) is 1. The van der Waals surface area contributed by atoms with Gasteiger partial charge in [-0.05, 0) is 36.4 Å². The van der Waals surface area contributed by atoms with E-state index in [1.54, 1.807) is 6.08 Å². The van der Waals surface area contributed by atoms with Gasteiger partial charge in [0.2, 0.25) is 5.12 Å². The Hall–Kier alpha value is -1.35. The van der Waals surface area contributed by atoms with Gasteiger partial charge in [-0.1, -0.05) is 24.3 Å². The highest BCUT2D eigenvalue weighted by molar-refractivity contribution is 8.14. The first-order valence-corrected chi connectivity index (χ1v) is 5.51. The van der Waals surface area contributed by atoms with E-state index in [4.69, 9.17) is 0 Å². The highest BCUT2D eigenvalue weighted by Gasteiger charge is 1.98. The molecule has 1 rings (SSSR count). The third-order valence-electron chi connectivity index (χ3n) is 1.67. The maximum Gasteiger partial charge on any atom is 0.216 e. The van der Waals surface area contributed by atoms with Crippen LogP contribution in [0, 0.1) is 0 Å². The van der Waals surface area contributed by atoms with Crippen molar-refractivity contribution < 1.29 is 9.59 Å². The van der Waals surface area contributed by atoms with Crippen molar-refractivity contribution in [3.8, 4) is 0 Å². The van der Waals surface area contributed by atoms with Crippen LogP contribution in [-0.4, -0.2) is 11.4 Å². The topological polar surface area (TPSA) is 34.1 Å². The molecule has 0 aliphatic carbocycles. The number of aldehydes is 1. The van der Waals surface area contributed by atoms with E-state index in [-0.39, 0.29) is 5.12 Å². The van der Waals surface area contributed by atoms with E-state index >= 15 is 0 Å². The fourth-order valence-corrected chi connectivity index (χ4v) is 1.67. The summed E-state index contributed by atoms with van der Waals surface area (Å²) in [6.45, 7) is 0. The minimum absolute atomic E-state index is 0.00732. The third-order valence-corrected chi connectivity index (χ3v) is 2.51. The normalized spacial score (nSPS) is 10.4. The summed E-state index contributed by atoms with van der Waals surface area (Å²) in [6, 6.07) is 9.48. The zero-order valence-corrected chi connectivity index (χ0v) is 9.07. The van der Waals surface area contributed by atoms with Gasteiger partial charge in [-0.25, -0.2) is 0 Å². The van der Waals surface area contributed by atoms with Gasteiger partial charge in [0.25, 0.3) is 0 Å². The lowest BCUT2D eigenvalue weighted by Crippen LogP contribution is -1.84. The summed E-state index contributed by atoms with van der Waals surface area (Å²) in [4.78, 5) is 22.3. The molecule has 1 aromatic carbocycles. The van der Waals surface area contributed by atoms with Crippen molar-refractivity contribution in [2.75, 3.05) is 0 Å². The van der Waals surface area contributed by atoms with Gasteiger partial charge in [0.05, 0.1) is 0 Å². The van der Waals surface area contributed by atoms with Gasteiger partial charge in [-0.3, -0.25) is 4.79 Å². The van der Waals surface area contributed by atoms with E-state index < -0.39 is 0 Å². The van der Waals surface area contributed by atoms with Crippen LogP contribution in [0.25, 0.3) is 0 Å². The predicted octanol–water partition coefficient (Wildman–Crippen LogP) is 2.84. The summed E-state index contributed by atoms with van der Waals surface area (Å²) in [6.07, 6.45) is 5.19. The maximum atomic E-state index is 11.4. The first-order chi connectivity index (χ1) is 7.33. The number of hydrogen-bond acceptors (Lipinski definition) is 3. The molecule has 0 aromatic heterocycles. The quantitative estimate of drug-likeness (QED) is 0.331. The van der Waals surface area contributed by atoms with Crippen molar-refractivity contribution in [3.63, 3.8) is 0 Å². The number of carbonyl (C=O) groups is 2. The van der Waals surface area contributed by atoms with Crippen molar-refractivity contribution in [1.82, 2.24) is 0 Å². The van der Waals surface area contributed by atoms with Gasteiger partial charge in [0.1, 0.15) is 6.29 Å². The Morgan fingerprint density at radius 1 is 1.20 bits per heavy atom. The van der Waals surface area contributed by atoms with Gasteiger partial charge < -0.3 is 4.79 Å². The van der Waals surface area contributed by atoms with Crippen LogP contribution < -0.4 is 0 Å². The molecule has 0 saturated heterocycles. The first-order valence-electron chi connectivity index (χ1n) is 4.70. The van der Waals surface area contributed by atoms with Crippen molar-refractivity contribution in [1.29, 1.82) is 0 Å². The van der Waals surface area contributed by atoms with Gasteiger partial charge >= 0.3 is 0 Å². The minimum atomic E-state index is -0.00732. The van der Waals surface area contributed by atoms with Gasteiger partial charge in [0, 0.05) is 11.3 Å². The van der Waals surface area contributed by atoms with Crippen LogP contribution in [-0.2, 0) is 9.59 Å². The summed E-state index contributed by atoms with van der Waals surface area (Å²) in [5, 5.41) is -0.00732. The van der Waals surface area contributed by atoms with Crippen LogP contribution in [0.2, 0.25) is 0 Å². The summed E-state index contributed by atoms with van der Waals surface area (Å²) in [7, 11) is 0. The lowest BCUT2D eigenvalue weighted by atomic mass is 10.3. The highest BCUT2D eigenvalue weighted by Crippen LogP contribution is 2.18. The molecule has 3 heteroatoms. The van der Waals surface area contributed by atoms with E-state index in [9.17, 15) is 9.59 Å². The van der Waals surface area contributed by atoms with Crippen LogP contribution in [0.5, 0.6) is 0 Å². The number of rotatable bonds is 5. The molecular formula is C12H12O2S. The van der Waals surface area contributed by atoms with Crippen molar-refractivity contribution >= 4 is 23.2 Å². The summed E-state index contributed by atoms with van der Waals surface area (Å²) >= 11 is 1.19. The molecule has 0 heterocycles. The fraction of sp³-hybridized carbons (Fsp3) is 0.167. The maximum absolute atomic E-state index is 11.4. The van der Waals surface area contributed by atoms with Gasteiger partial charge in [-0.2, -0.15) is 0 Å². The molecule has 15 heavy (non-hydrogen) atoms. The first kappa shape index (κ1) is 11.7. The molecule has 0 amide bonds. The molecule has 0 aliphatic rings. The molecule has 0 radical (unpaired) electrons. The SMILES string of the molecule is O=CCC/C=C/C(=O)Sc1ccccc1. The molecule has 0 saturated carbocycles. The molecule has 1 aromatic rings. The minimum Gasteiger partial charge on any atom is -0.303 e. The van der Waals surface area contributed by atoms with Crippen molar-refractivity contribution in [2.24, 2.45) is 0 Å². The molecule has 0 aliphatic heterocycles. The lowest BCUT2D eigenvalue weighted by molar-refractivity contribution is -0.108. The molecule has 0 atom stereocenters. The lowest BCUT2D eigenvalue weighted by Gasteiger charge is -1.94. The summed E-state index contributed by atoms with van der Waals surface area (Å²) < 4.78 is 0. The second kappa shape index (κ2) is 7.01. The number of thioether (sulfide) groups is 1. The van der Waals surface area contributed by atoms with Crippen LogP contribution in [0.3, 0.4) is 0 Å². The zero-order valence-electron chi connectivity index (χ0n) is 8.26. The van der Waals surface area contributed by atoms with Crippen molar-refractivity contribution in [3.05, 3.63) is 42.5 Å². The standard InChI is InChI=1S/C12H12O2S/c13-10-6-2-5-9-12(14)15-11-7-3-1-4-8-11/h1,3-5,7-10H,2,6H2/b9-5+. The summed E-state index contributed by atoms with van der Waals surface area (Å²) in [5.74, 6) is 0. The third kappa shape index (κ3) is 5.18. The fourth-order valence-electron chi connectivity index (χ4n) is 0.983. The molecule has 0 unspecified atom stereocenters. The smallest absolute Gasteiger partial charge is 0.216 e. The van der Waals surface area contributed by atoms with Crippen LogP contribution in [0.15, 0.2) is 47.4 Å². The molecule has 0 N–H and O–H groups in total.